The first-order valence-corrected chi connectivity index (χ1v) is 5.98. The SMILES string of the molecule is Cc1cc(Br)cc(C)c1-n1cccc1C(=O)O. The Morgan fingerprint density at radius 2 is 1.88 bits per heavy atom. The zero-order valence-electron chi connectivity index (χ0n) is 9.57. The smallest absolute Gasteiger partial charge is 0.352 e. The number of aromatic carboxylic acids is 1. The molecule has 1 N–H and O–H groups in total. The van der Waals surface area contributed by atoms with E-state index in [1.807, 2.05) is 26.0 Å². The molecule has 1 aromatic heterocycles. The Bertz CT molecular complexity index is 564. The summed E-state index contributed by atoms with van der Waals surface area (Å²) in [5, 5.41) is 9.12. The lowest BCUT2D eigenvalue weighted by Crippen LogP contribution is -2.08. The molecule has 0 amide bonds. The van der Waals surface area contributed by atoms with Crippen LogP contribution in [0.15, 0.2) is 34.9 Å². The predicted octanol–water partition coefficient (Wildman–Crippen LogP) is 3.55. The molecule has 0 unspecified atom stereocenters. The molecular formula is C13H12BrNO2. The Morgan fingerprint density at radius 3 is 2.41 bits per heavy atom. The third-order valence-electron chi connectivity index (χ3n) is 2.66. The van der Waals surface area contributed by atoms with Gasteiger partial charge in [-0.2, -0.15) is 0 Å². The maximum absolute atomic E-state index is 11.1. The van der Waals surface area contributed by atoms with Crippen molar-refractivity contribution >= 4 is 21.9 Å². The average Bonchev–Trinajstić information content (AvgIpc) is 2.64. The van der Waals surface area contributed by atoms with Gasteiger partial charge in [0.1, 0.15) is 5.69 Å². The lowest BCUT2D eigenvalue weighted by atomic mass is 10.1. The van der Waals surface area contributed by atoms with E-state index in [4.69, 9.17) is 5.11 Å². The van der Waals surface area contributed by atoms with Crippen LogP contribution >= 0.6 is 15.9 Å². The van der Waals surface area contributed by atoms with Crippen molar-refractivity contribution in [2.24, 2.45) is 0 Å². The van der Waals surface area contributed by atoms with Gasteiger partial charge in [-0.1, -0.05) is 15.9 Å². The zero-order chi connectivity index (χ0) is 12.6. The van der Waals surface area contributed by atoms with Crippen LogP contribution in [0.2, 0.25) is 0 Å². The summed E-state index contributed by atoms with van der Waals surface area (Å²) < 4.78 is 2.71. The van der Waals surface area contributed by atoms with Crippen LogP contribution in [0.4, 0.5) is 0 Å². The Labute approximate surface area is 108 Å². The van der Waals surface area contributed by atoms with Crippen molar-refractivity contribution in [3.63, 3.8) is 0 Å². The van der Waals surface area contributed by atoms with Crippen molar-refractivity contribution < 1.29 is 9.90 Å². The zero-order valence-corrected chi connectivity index (χ0v) is 11.2. The van der Waals surface area contributed by atoms with E-state index >= 15 is 0 Å². The Balaban J connectivity index is 2.69. The number of aromatic nitrogens is 1. The van der Waals surface area contributed by atoms with Crippen molar-refractivity contribution in [2.75, 3.05) is 0 Å². The minimum atomic E-state index is -0.920. The molecule has 17 heavy (non-hydrogen) atoms. The van der Waals surface area contributed by atoms with Crippen LogP contribution in [0.25, 0.3) is 5.69 Å². The number of aryl methyl sites for hydroxylation is 2. The van der Waals surface area contributed by atoms with Crippen LogP contribution < -0.4 is 0 Å². The summed E-state index contributed by atoms with van der Waals surface area (Å²) in [7, 11) is 0. The molecule has 0 atom stereocenters. The molecule has 0 aliphatic rings. The number of carboxylic acid groups (broad SMARTS) is 1. The Hall–Kier alpha value is -1.55. The summed E-state index contributed by atoms with van der Waals surface area (Å²) in [5.74, 6) is -0.920. The van der Waals surface area contributed by atoms with Crippen LogP contribution in [-0.2, 0) is 0 Å². The molecule has 0 bridgehead atoms. The van der Waals surface area contributed by atoms with Crippen LogP contribution in [0.5, 0.6) is 0 Å². The van der Waals surface area contributed by atoms with E-state index in [2.05, 4.69) is 15.9 Å². The van der Waals surface area contributed by atoms with Crippen molar-refractivity contribution in [1.82, 2.24) is 4.57 Å². The molecule has 3 nitrogen and oxygen atoms in total. The van der Waals surface area contributed by atoms with Crippen molar-refractivity contribution in [1.29, 1.82) is 0 Å². The van der Waals surface area contributed by atoms with Gasteiger partial charge in [0.2, 0.25) is 0 Å². The number of hydrogen-bond donors (Lipinski definition) is 1. The number of rotatable bonds is 2. The highest BCUT2D eigenvalue weighted by Gasteiger charge is 2.13. The van der Waals surface area contributed by atoms with Crippen LogP contribution in [-0.4, -0.2) is 15.6 Å². The van der Waals surface area contributed by atoms with Gasteiger partial charge in [0.25, 0.3) is 0 Å². The van der Waals surface area contributed by atoms with Crippen LogP contribution in [0.3, 0.4) is 0 Å². The molecule has 88 valence electrons. The molecule has 2 rings (SSSR count). The van der Waals surface area contributed by atoms with Crippen molar-refractivity contribution in [3.8, 4) is 5.69 Å². The second kappa shape index (κ2) is 4.37. The lowest BCUT2D eigenvalue weighted by molar-refractivity contribution is 0.0688. The van der Waals surface area contributed by atoms with Gasteiger partial charge in [0.05, 0.1) is 5.69 Å². The van der Waals surface area contributed by atoms with E-state index in [-0.39, 0.29) is 5.69 Å². The molecule has 0 aliphatic heterocycles. The Kier molecular flexibility index (Phi) is 3.07. The third kappa shape index (κ3) is 2.13. The van der Waals surface area contributed by atoms with Gasteiger partial charge in [-0.05, 0) is 49.2 Å². The van der Waals surface area contributed by atoms with E-state index in [1.54, 1.807) is 22.9 Å². The summed E-state index contributed by atoms with van der Waals surface area (Å²) in [5.41, 5.74) is 3.28. The van der Waals surface area contributed by atoms with Crippen LogP contribution in [0, 0.1) is 13.8 Å². The van der Waals surface area contributed by atoms with E-state index in [0.29, 0.717) is 0 Å². The molecule has 0 saturated heterocycles. The van der Waals surface area contributed by atoms with Crippen LogP contribution in [0.1, 0.15) is 21.6 Å². The molecule has 1 heterocycles. The summed E-state index contributed by atoms with van der Waals surface area (Å²) >= 11 is 3.43. The second-order valence-corrected chi connectivity index (χ2v) is 4.87. The molecule has 2 aromatic rings. The molecule has 0 aliphatic carbocycles. The standard InChI is InChI=1S/C13H12BrNO2/c1-8-6-10(14)7-9(2)12(8)15-5-3-4-11(15)13(16)17/h3-7H,1-2H3,(H,16,17). The Morgan fingerprint density at radius 1 is 1.29 bits per heavy atom. The maximum atomic E-state index is 11.1. The van der Waals surface area contributed by atoms with Gasteiger partial charge < -0.3 is 9.67 Å². The quantitative estimate of drug-likeness (QED) is 0.920. The summed E-state index contributed by atoms with van der Waals surface area (Å²) in [6.07, 6.45) is 1.77. The fourth-order valence-electron chi connectivity index (χ4n) is 2.03. The maximum Gasteiger partial charge on any atom is 0.352 e. The molecular weight excluding hydrogens is 282 g/mol. The average molecular weight is 294 g/mol. The van der Waals surface area contributed by atoms with Gasteiger partial charge in [-0.25, -0.2) is 4.79 Å². The normalized spacial score (nSPS) is 10.5. The number of carbonyl (C=O) groups is 1. The summed E-state index contributed by atoms with van der Waals surface area (Å²) in [6.45, 7) is 3.94. The lowest BCUT2D eigenvalue weighted by Gasteiger charge is -2.13. The minimum Gasteiger partial charge on any atom is -0.477 e. The van der Waals surface area contributed by atoms with Gasteiger partial charge in [-0.15, -0.1) is 0 Å². The van der Waals surface area contributed by atoms with Gasteiger partial charge in [0.15, 0.2) is 0 Å². The summed E-state index contributed by atoms with van der Waals surface area (Å²) in [4.78, 5) is 11.1. The molecule has 0 spiro atoms. The highest BCUT2D eigenvalue weighted by molar-refractivity contribution is 9.10. The third-order valence-corrected chi connectivity index (χ3v) is 3.12. The van der Waals surface area contributed by atoms with Gasteiger partial charge >= 0.3 is 5.97 Å². The second-order valence-electron chi connectivity index (χ2n) is 3.96. The number of benzene rings is 1. The van der Waals surface area contributed by atoms with E-state index < -0.39 is 5.97 Å². The van der Waals surface area contributed by atoms with E-state index in [0.717, 1.165) is 21.3 Å². The van der Waals surface area contributed by atoms with Gasteiger partial charge in [-0.3, -0.25) is 0 Å². The largest absolute Gasteiger partial charge is 0.477 e. The topological polar surface area (TPSA) is 42.2 Å². The fourth-order valence-corrected chi connectivity index (χ4v) is 2.72. The first-order chi connectivity index (χ1) is 8.00. The number of carboxylic acids is 1. The van der Waals surface area contributed by atoms with E-state index in [9.17, 15) is 4.79 Å². The van der Waals surface area contributed by atoms with Gasteiger partial charge in [0, 0.05) is 10.7 Å². The van der Waals surface area contributed by atoms with Crippen molar-refractivity contribution in [2.45, 2.75) is 13.8 Å². The monoisotopic (exact) mass is 293 g/mol. The predicted molar refractivity (Wildman–Crippen MR) is 69.9 cm³/mol. The van der Waals surface area contributed by atoms with E-state index in [1.165, 1.54) is 0 Å². The minimum absolute atomic E-state index is 0.276. The molecule has 0 fully saturated rings. The number of hydrogen-bond acceptors (Lipinski definition) is 1. The fraction of sp³-hybridized carbons (Fsp3) is 0.154. The number of nitrogens with zero attached hydrogens (tertiary/aromatic N) is 1. The molecule has 0 radical (unpaired) electrons. The first kappa shape index (κ1) is 11.9. The number of halogens is 1. The highest BCUT2D eigenvalue weighted by Crippen LogP contribution is 2.25. The molecule has 0 saturated carbocycles. The molecule has 4 heteroatoms. The highest BCUT2D eigenvalue weighted by atomic mass is 79.9. The van der Waals surface area contributed by atoms with Crippen molar-refractivity contribution in [3.05, 3.63) is 51.8 Å². The first-order valence-electron chi connectivity index (χ1n) is 5.18. The molecule has 1 aromatic carbocycles. The summed E-state index contributed by atoms with van der Waals surface area (Å²) in [6, 6.07) is 7.30.